The Labute approximate surface area is 128 Å². The van der Waals surface area contributed by atoms with Crippen molar-refractivity contribution in [1.82, 2.24) is 5.32 Å². The van der Waals surface area contributed by atoms with E-state index in [1.54, 1.807) is 30.3 Å². The number of nitrogens with one attached hydrogen (secondary N) is 2. The maximum Gasteiger partial charge on any atom is 0.238 e. The molecule has 0 fully saturated rings. The fourth-order valence-electron chi connectivity index (χ4n) is 1.84. The Balaban J connectivity index is 1.70. The lowest BCUT2D eigenvalue weighted by Crippen LogP contribution is -2.29. The van der Waals surface area contributed by atoms with Gasteiger partial charge in [-0.2, -0.15) is 0 Å². The van der Waals surface area contributed by atoms with E-state index in [4.69, 9.17) is 11.6 Å². The van der Waals surface area contributed by atoms with E-state index in [9.17, 15) is 9.18 Å². The summed E-state index contributed by atoms with van der Waals surface area (Å²) in [4.78, 5) is 11.7. The number of benzene rings is 2. The molecule has 0 bridgehead atoms. The zero-order valence-corrected chi connectivity index (χ0v) is 12.2. The SMILES string of the molecule is O=C(CNCCc1ccc(F)cc1)Nc1ccccc1Cl. The molecule has 110 valence electrons. The second kappa shape index (κ2) is 7.76. The molecular weight excluding hydrogens is 291 g/mol. The van der Waals surface area contributed by atoms with Crippen molar-refractivity contribution >= 4 is 23.2 Å². The normalized spacial score (nSPS) is 10.4. The molecule has 0 aliphatic rings. The third-order valence-electron chi connectivity index (χ3n) is 2.94. The van der Waals surface area contributed by atoms with Gasteiger partial charge in [0.25, 0.3) is 0 Å². The van der Waals surface area contributed by atoms with Crippen LogP contribution in [-0.2, 0) is 11.2 Å². The van der Waals surface area contributed by atoms with E-state index in [1.807, 2.05) is 6.07 Å². The molecule has 0 unspecified atom stereocenters. The van der Waals surface area contributed by atoms with E-state index < -0.39 is 0 Å². The van der Waals surface area contributed by atoms with Crippen molar-refractivity contribution < 1.29 is 9.18 Å². The van der Waals surface area contributed by atoms with Crippen molar-refractivity contribution in [1.29, 1.82) is 0 Å². The summed E-state index contributed by atoms with van der Waals surface area (Å²) in [6.07, 6.45) is 0.736. The average molecular weight is 307 g/mol. The van der Waals surface area contributed by atoms with E-state index >= 15 is 0 Å². The van der Waals surface area contributed by atoms with E-state index in [0.717, 1.165) is 12.0 Å². The monoisotopic (exact) mass is 306 g/mol. The highest BCUT2D eigenvalue weighted by Gasteiger charge is 2.04. The van der Waals surface area contributed by atoms with Gasteiger partial charge in [-0.05, 0) is 42.8 Å². The summed E-state index contributed by atoms with van der Waals surface area (Å²) in [5, 5.41) is 6.28. The number of amides is 1. The average Bonchev–Trinajstić information content (AvgIpc) is 2.48. The first kappa shape index (κ1) is 15.5. The van der Waals surface area contributed by atoms with Gasteiger partial charge >= 0.3 is 0 Å². The van der Waals surface area contributed by atoms with Crippen LogP contribution in [0.25, 0.3) is 0 Å². The number of halogens is 2. The Morgan fingerprint density at radius 3 is 2.52 bits per heavy atom. The fourth-order valence-corrected chi connectivity index (χ4v) is 2.03. The van der Waals surface area contributed by atoms with Crippen LogP contribution < -0.4 is 10.6 Å². The van der Waals surface area contributed by atoms with Gasteiger partial charge in [0.05, 0.1) is 17.3 Å². The smallest absolute Gasteiger partial charge is 0.238 e. The Bertz CT molecular complexity index is 601. The zero-order chi connectivity index (χ0) is 15.1. The molecule has 2 aromatic carbocycles. The second-order valence-corrected chi connectivity index (χ2v) is 4.99. The van der Waals surface area contributed by atoms with Gasteiger partial charge in [0.2, 0.25) is 5.91 Å². The van der Waals surface area contributed by atoms with Crippen LogP contribution in [0.15, 0.2) is 48.5 Å². The second-order valence-electron chi connectivity index (χ2n) is 4.58. The molecular formula is C16H16ClFN2O. The van der Waals surface area contributed by atoms with Crippen molar-refractivity contribution in [2.24, 2.45) is 0 Å². The van der Waals surface area contributed by atoms with E-state index in [-0.39, 0.29) is 18.3 Å². The highest BCUT2D eigenvalue weighted by molar-refractivity contribution is 6.33. The van der Waals surface area contributed by atoms with Crippen LogP contribution in [0.4, 0.5) is 10.1 Å². The number of rotatable bonds is 6. The summed E-state index contributed by atoms with van der Waals surface area (Å²) < 4.78 is 12.7. The summed E-state index contributed by atoms with van der Waals surface area (Å²) in [5.74, 6) is -0.395. The maximum absolute atomic E-state index is 12.7. The van der Waals surface area contributed by atoms with Crippen LogP contribution in [-0.4, -0.2) is 19.0 Å². The summed E-state index contributed by atoms with van der Waals surface area (Å²) in [6.45, 7) is 0.841. The topological polar surface area (TPSA) is 41.1 Å². The van der Waals surface area contributed by atoms with Gasteiger partial charge in [0.15, 0.2) is 0 Å². The lowest BCUT2D eigenvalue weighted by molar-refractivity contribution is -0.115. The lowest BCUT2D eigenvalue weighted by atomic mass is 10.1. The van der Waals surface area contributed by atoms with Gasteiger partial charge in [-0.3, -0.25) is 4.79 Å². The van der Waals surface area contributed by atoms with Gasteiger partial charge in [-0.1, -0.05) is 35.9 Å². The molecule has 3 nitrogen and oxygen atoms in total. The largest absolute Gasteiger partial charge is 0.324 e. The Kier molecular flexibility index (Phi) is 5.72. The molecule has 2 aromatic rings. The molecule has 21 heavy (non-hydrogen) atoms. The van der Waals surface area contributed by atoms with Crippen LogP contribution in [0.5, 0.6) is 0 Å². The molecule has 2 rings (SSSR count). The minimum atomic E-state index is -0.245. The van der Waals surface area contributed by atoms with Crippen molar-refractivity contribution in [3.05, 3.63) is 64.9 Å². The third kappa shape index (κ3) is 5.17. The first-order valence-electron chi connectivity index (χ1n) is 6.65. The molecule has 0 heterocycles. The predicted octanol–water partition coefficient (Wildman–Crippen LogP) is 3.25. The van der Waals surface area contributed by atoms with Crippen molar-refractivity contribution in [2.75, 3.05) is 18.4 Å². The minimum Gasteiger partial charge on any atom is -0.324 e. The van der Waals surface area contributed by atoms with Crippen LogP contribution >= 0.6 is 11.6 Å². The van der Waals surface area contributed by atoms with Crippen LogP contribution in [0.3, 0.4) is 0 Å². The number of carbonyl (C=O) groups is 1. The molecule has 0 saturated carbocycles. The number of hydrogen-bond donors (Lipinski definition) is 2. The molecule has 1 amide bonds. The minimum absolute atomic E-state index is 0.151. The van der Waals surface area contributed by atoms with Crippen LogP contribution in [0, 0.1) is 5.82 Å². The van der Waals surface area contributed by atoms with Crippen LogP contribution in [0.2, 0.25) is 5.02 Å². The highest BCUT2D eigenvalue weighted by atomic mass is 35.5. The van der Waals surface area contributed by atoms with E-state index in [0.29, 0.717) is 17.3 Å². The Morgan fingerprint density at radius 1 is 1.10 bits per heavy atom. The Morgan fingerprint density at radius 2 is 1.81 bits per heavy atom. The zero-order valence-electron chi connectivity index (χ0n) is 11.4. The maximum atomic E-state index is 12.7. The number of para-hydroxylation sites is 1. The summed E-state index contributed by atoms with van der Waals surface area (Å²) in [7, 11) is 0. The van der Waals surface area contributed by atoms with Gasteiger partial charge < -0.3 is 10.6 Å². The van der Waals surface area contributed by atoms with Gasteiger partial charge in [0, 0.05) is 0 Å². The van der Waals surface area contributed by atoms with E-state index in [2.05, 4.69) is 10.6 Å². The first-order chi connectivity index (χ1) is 10.1. The molecule has 2 N–H and O–H groups in total. The van der Waals surface area contributed by atoms with Gasteiger partial charge in [-0.15, -0.1) is 0 Å². The number of hydrogen-bond acceptors (Lipinski definition) is 2. The molecule has 0 aromatic heterocycles. The molecule has 0 saturated heterocycles. The number of carbonyl (C=O) groups excluding carboxylic acids is 1. The molecule has 0 aliphatic carbocycles. The molecule has 0 atom stereocenters. The van der Waals surface area contributed by atoms with Crippen LogP contribution in [0.1, 0.15) is 5.56 Å². The fraction of sp³-hybridized carbons (Fsp3) is 0.188. The Hall–Kier alpha value is -1.91. The van der Waals surface area contributed by atoms with Gasteiger partial charge in [-0.25, -0.2) is 4.39 Å². The van der Waals surface area contributed by atoms with Gasteiger partial charge in [0.1, 0.15) is 5.82 Å². The van der Waals surface area contributed by atoms with Crippen molar-refractivity contribution in [3.8, 4) is 0 Å². The molecule has 0 radical (unpaired) electrons. The molecule has 0 aliphatic heterocycles. The van der Waals surface area contributed by atoms with Crippen molar-refractivity contribution in [3.63, 3.8) is 0 Å². The standard InChI is InChI=1S/C16H16ClFN2O/c17-14-3-1-2-4-15(14)20-16(21)11-19-10-9-12-5-7-13(18)8-6-12/h1-8,19H,9-11H2,(H,20,21). The first-order valence-corrected chi connectivity index (χ1v) is 7.02. The van der Waals surface area contributed by atoms with E-state index in [1.165, 1.54) is 12.1 Å². The predicted molar refractivity (Wildman–Crippen MR) is 83.1 cm³/mol. The third-order valence-corrected chi connectivity index (χ3v) is 3.27. The summed E-state index contributed by atoms with van der Waals surface area (Å²) in [6, 6.07) is 13.4. The summed E-state index contributed by atoms with van der Waals surface area (Å²) >= 11 is 5.96. The molecule has 0 spiro atoms. The molecule has 5 heteroatoms. The lowest BCUT2D eigenvalue weighted by Gasteiger charge is -2.08. The number of anilines is 1. The quantitative estimate of drug-likeness (QED) is 0.804. The van der Waals surface area contributed by atoms with Crippen molar-refractivity contribution in [2.45, 2.75) is 6.42 Å². The highest BCUT2D eigenvalue weighted by Crippen LogP contribution is 2.19. The summed E-state index contributed by atoms with van der Waals surface area (Å²) in [5.41, 5.74) is 1.62.